The molecule has 0 saturated carbocycles. The van der Waals surface area contributed by atoms with Crippen molar-refractivity contribution in [3.05, 3.63) is 0 Å². The molecule has 0 aromatic carbocycles. The maximum absolute atomic E-state index is 3.57. The van der Waals surface area contributed by atoms with Crippen molar-refractivity contribution in [1.29, 1.82) is 0 Å². The molecule has 2 unspecified atom stereocenters. The summed E-state index contributed by atoms with van der Waals surface area (Å²) in [5.41, 5.74) is 0.275. The van der Waals surface area contributed by atoms with E-state index in [2.05, 4.69) is 56.9 Å². The molecule has 0 aromatic heterocycles. The van der Waals surface area contributed by atoms with Gasteiger partial charge in [0.2, 0.25) is 0 Å². The van der Waals surface area contributed by atoms with E-state index >= 15 is 0 Å². The molecular weight excluding hydrogens is 186 g/mol. The van der Waals surface area contributed by atoms with E-state index in [4.69, 9.17) is 0 Å². The van der Waals surface area contributed by atoms with Crippen molar-refractivity contribution in [1.82, 2.24) is 15.1 Å². The van der Waals surface area contributed by atoms with Gasteiger partial charge in [0.25, 0.3) is 0 Å². The zero-order chi connectivity index (χ0) is 11.6. The molecule has 1 fully saturated rings. The second-order valence-electron chi connectivity index (χ2n) is 6.05. The first-order valence-corrected chi connectivity index (χ1v) is 5.95. The molecule has 1 aliphatic rings. The van der Waals surface area contributed by atoms with Gasteiger partial charge in [0.1, 0.15) is 0 Å². The van der Waals surface area contributed by atoms with Crippen LogP contribution < -0.4 is 5.32 Å². The minimum absolute atomic E-state index is 0.275. The van der Waals surface area contributed by atoms with E-state index in [9.17, 15) is 0 Å². The molecule has 0 radical (unpaired) electrons. The minimum atomic E-state index is 0.275. The number of piperazine rings is 1. The fourth-order valence-corrected chi connectivity index (χ4v) is 2.36. The molecule has 1 aliphatic heterocycles. The Morgan fingerprint density at radius 3 is 2.40 bits per heavy atom. The number of hydrogen-bond donors (Lipinski definition) is 1. The maximum Gasteiger partial charge on any atom is 0.0353 e. The smallest absolute Gasteiger partial charge is 0.0353 e. The van der Waals surface area contributed by atoms with Crippen LogP contribution in [0.25, 0.3) is 0 Å². The summed E-state index contributed by atoms with van der Waals surface area (Å²) in [6.45, 7) is 12.6. The molecule has 1 rings (SSSR count). The van der Waals surface area contributed by atoms with Gasteiger partial charge in [-0.15, -0.1) is 0 Å². The average molecular weight is 213 g/mol. The zero-order valence-electron chi connectivity index (χ0n) is 11.2. The van der Waals surface area contributed by atoms with Crippen molar-refractivity contribution in [2.75, 3.05) is 33.7 Å². The van der Waals surface area contributed by atoms with E-state index in [0.717, 1.165) is 19.6 Å². The number of rotatable bonds is 2. The first kappa shape index (κ1) is 12.9. The summed E-state index contributed by atoms with van der Waals surface area (Å²) in [7, 11) is 4.30. The van der Waals surface area contributed by atoms with E-state index in [1.54, 1.807) is 0 Å². The summed E-state index contributed by atoms with van der Waals surface area (Å²) in [4.78, 5) is 4.91. The topological polar surface area (TPSA) is 18.5 Å². The van der Waals surface area contributed by atoms with Gasteiger partial charge in [-0.25, -0.2) is 0 Å². The quantitative estimate of drug-likeness (QED) is 0.738. The highest BCUT2D eigenvalue weighted by Gasteiger charge is 2.33. The SMILES string of the molecule is CC1CN(C(C)(C)C)C(CN(C)C)CN1. The van der Waals surface area contributed by atoms with E-state index in [1.807, 2.05) is 0 Å². The third-order valence-corrected chi connectivity index (χ3v) is 3.05. The summed E-state index contributed by atoms with van der Waals surface area (Å²) in [5.74, 6) is 0. The van der Waals surface area contributed by atoms with Crippen LogP contribution in [0.2, 0.25) is 0 Å². The van der Waals surface area contributed by atoms with Gasteiger partial charge >= 0.3 is 0 Å². The van der Waals surface area contributed by atoms with Gasteiger partial charge in [-0.1, -0.05) is 0 Å². The lowest BCUT2D eigenvalue weighted by atomic mass is 9.98. The molecule has 0 aromatic rings. The Morgan fingerprint density at radius 2 is 1.93 bits per heavy atom. The van der Waals surface area contributed by atoms with Gasteiger partial charge in [0.05, 0.1) is 0 Å². The van der Waals surface area contributed by atoms with Crippen LogP contribution in [0.3, 0.4) is 0 Å². The van der Waals surface area contributed by atoms with Crippen LogP contribution in [0.4, 0.5) is 0 Å². The van der Waals surface area contributed by atoms with E-state index in [0.29, 0.717) is 12.1 Å². The highest BCUT2D eigenvalue weighted by Crippen LogP contribution is 2.20. The van der Waals surface area contributed by atoms with Crippen molar-refractivity contribution < 1.29 is 0 Å². The Morgan fingerprint density at radius 1 is 1.33 bits per heavy atom. The highest BCUT2D eigenvalue weighted by atomic mass is 15.3. The standard InChI is InChI=1S/C12H27N3/c1-10-8-15(12(2,3)4)11(7-13-10)9-14(5)6/h10-11,13H,7-9H2,1-6H3. The molecule has 3 nitrogen and oxygen atoms in total. The number of hydrogen-bond acceptors (Lipinski definition) is 3. The second kappa shape index (κ2) is 4.81. The lowest BCUT2D eigenvalue weighted by Crippen LogP contribution is -2.63. The van der Waals surface area contributed by atoms with Crippen LogP contribution in [0, 0.1) is 0 Å². The van der Waals surface area contributed by atoms with Gasteiger partial charge in [-0.2, -0.15) is 0 Å². The Hall–Kier alpha value is -0.120. The molecule has 2 atom stereocenters. The molecule has 1 N–H and O–H groups in total. The predicted molar refractivity (Wildman–Crippen MR) is 66.3 cm³/mol. The van der Waals surface area contributed by atoms with Gasteiger partial charge < -0.3 is 10.2 Å². The molecule has 90 valence electrons. The summed E-state index contributed by atoms with van der Waals surface area (Å²) in [6.07, 6.45) is 0. The summed E-state index contributed by atoms with van der Waals surface area (Å²) in [6, 6.07) is 1.25. The van der Waals surface area contributed by atoms with Crippen LogP contribution in [0.15, 0.2) is 0 Å². The van der Waals surface area contributed by atoms with Gasteiger partial charge in [0.15, 0.2) is 0 Å². The summed E-state index contributed by atoms with van der Waals surface area (Å²) in [5, 5.41) is 3.57. The third-order valence-electron chi connectivity index (χ3n) is 3.05. The zero-order valence-corrected chi connectivity index (χ0v) is 11.2. The van der Waals surface area contributed by atoms with Gasteiger partial charge in [-0.3, -0.25) is 4.90 Å². The highest BCUT2D eigenvalue weighted by molar-refractivity contribution is 4.91. The molecule has 3 heteroatoms. The molecule has 1 heterocycles. The second-order valence-corrected chi connectivity index (χ2v) is 6.05. The van der Waals surface area contributed by atoms with Gasteiger partial charge in [-0.05, 0) is 41.8 Å². The number of likely N-dealkylation sites (N-methyl/N-ethyl adjacent to an activating group) is 1. The Bertz CT molecular complexity index is 196. The van der Waals surface area contributed by atoms with Crippen molar-refractivity contribution in [2.45, 2.75) is 45.3 Å². The van der Waals surface area contributed by atoms with Crippen LogP contribution in [-0.4, -0.2) is 61.2 Å². The summed E-state index contributed by atoms with van der Waals surface area (Å²) < 4.78 is 0. The molecular formula is C12H27N3. The Balaban J connectivity index is 2.66. The molecule has 1 saturated heterocycles. The Labute approximate surface area is 94.8 Å². The predicted octanol–water partition coefficient (Wildman–Crippen LogP) is 1.01. The number of nitrogens with zero attached hydrogens (tertiary/aromatic N) is 2. The molecule has 0 spiro atoms. The van der Waals surface area contributed by atoms with Crippen LogP contribution >= 0.6 is 0 Å². The van der Waals surface area contributed by atoms with Crippen LogP contribution in [0.5, 0.6) is 0 Å². The lowest BCUT2D eigenvalue weighted by molar-refractivity contribution is 0.0325. The molecule has 0 bridgehead atoms. The van der Waals surface area contributed by atoms with E-state index in [1.165, 1.54) is 0 Å². The van der Waals surface area contributed by atoms with E-state index in [-0.39, 0.29) is 5.54 Å². The lowest BCUT2D eigenvalue weighted by Gasteiger charge is -2.47. The Kier molecular flexibility index (Phi) is 4.15. The normalized spacial score (nSPS) is 29.8. The van der Waals surface area contributed by atoms with Crippen molar-refractivity contribution in [3.8, 4) is 0 Å². The average Bonchev–Trinajstić information content (AvgIpc) is 2.05. The third kappa shape index (κ3) is 3.74. The van der Waals surface area contributed by atoms with Crippen molar-refractivity contribution in [2.24, 2.45) is 0 Å². The van der Waals surface area contributed by atoms with Gasteiger partial charge in [0, 0.05) is 37.3 Å². The first-order chi connectivity index (χ1) is 6.80. The van der Waals surface area contributed by atoms with Crippen molar-refractivity contribution in [3.63, 3.8) is 0 Å². The minimum Gasteiger partial charge on any atom is -0.311 e. The number of nitrogens with one attached hydrogen (secondary N) is 1. The first-order valence-electron chi connectivity index (χ1n) is 5.95. The van der Waals surface area contributed by atoms with Crippen molar-refractivity contribution >= 4 is 0 Å². The monoisotopic (exact) mass is 213 g/mol. The summed E-state index contributed by atoms with van der Waals surface area (Å²) >= 11 is 0. The van der Waals surface area contributed by atoms with Crippen LogP contribution in [-0.2, 0) is 0 Å². The molecule has 0 aliphatic carbocycles. The van der Waals surface area contributed by atoms with E-state index < -0.39 is 0 Å². The fraction of sp³-hybridized carbons (Fsp3) is 1.00. The van der Waals surface area contributed by atoms with Crippen LogP contribution in [0.1, 0.15) is 27.7 Å². The molecule has 0 amide bonds. The maximum atomic E-state index is 3.57. The largest absolute Gasteiger partial charge is 0.311 e. The molecule has 15 heavy (non-hydrogen) atoms. The fourth-order valence-electron chi connectivity index (χ4n) is 2.36.